The Hall–Kier alpha value is -1.26. The molecule has 3 rings (SSSR count). The largest absolute Gasteiger partial charge is 0.496 e. The van der Waals surface area contributed by atoms with Gasteiger partial charge in [-0.3, -0.25) is 0 Å². The fourth-order valence-corrected chi connectivity index (χ4v) is 3.16. The first-order valence-electron chi connectivity index (χ1n) is 7.80. The summed E-state index contributed by atoms with van der Waals surface area (Å²) >= 11 is 0. The molecule has 0 saturated carbocycles. The van der Waals surface area contributed by atoms with Gasteiger partial charge in [-0.25, -0.2) is 0 Å². The Balaban J connectivity index is 1.93. The molecule has 2 heterocycles. The molecule has 1 aromatic carbocycles. The first-order valence-corrected chi connectivity index (χ1v) is 7.80. The predicted molar refractivity (Wildman–Crippen MR) is 82.2 cm³/mol. The average molecular weight is 291 g/mol. The Labute approximate surface area is 126 Å². The Morgan fingerprint density at radius 2 is 2.24 bits per heavy atom. The molecule has 21 heavy (non-hydrogen) atoms. The van der Waals surface area contributed by atoms with Gasteiger partial charge in [0.05, 0.1) is 18.8 Å². The van der Waals surface area contributed by atoms with Crippen LogP contribution in [-0.2, 0) is 11.2 Å². The summed E-state index contributed by atoms with van der Waals surface area (Å²) in [6.07, 6.45) is 2.18. The van der Waals surface area contributed by atoms with Crippen LogP contribution in [0.2, 0.25) is 0 Å². The van der Waals surface area contributed by atoms with Crippen molar-refractivity contribution in [3.05, 3.63) is 23.3 Å². The quantitative estimate of drug-likeness (QED) is 0.929. The number of hydrogen-bond donors (Lipinski definition) is 1. The van der Waals surface area contributed by atoms with Crippen molar-refractivity contribution in [2.24, 2.45) is 0 Å². The van der Waals surface area contributed by atoms with Crippen molar-refractivity contribution in [2.45, 2.75) is 51.4 Å². The topological polar surface area (TPSA) is 39.7 Å². The van der Waals surface area contributed by atoms with Crippen LogP contribution in [0.5, 0.6) is 11.5 Å². The molecule has 0 amide bonds. The standard InChI is InChI=1S/C17H25NO3/c1-5-17(3)10-18-9-16(21-17)13-8-14-12(6-11(2)20-14)7-15(13)19-4/h7-8,11,16,18H,5-6,9-10H2,1-4H3. The van der Waals surface area contributed by atoms with Crippen LogP contribution in [0.3, 0.4) is 0 Å². The highest BCUT2D eigenvalue weighted by Gasteiger charge is 2.34. The van der Waals surface area contributed by atoms with Crippen LogP contribution in [0.1, 0.15) is 44.4 Å². The molecule has 1 saturated heterocycles. The van der Waals surface area contributed by atoms with Gasteiger partial charge in [-0.05, 0) is 32.4 Å². The number of rotatable bonds is 3. The lowest BCUT2D eigenvalue weighted by atomic mass is 9.97. The third-order valence-corrected chi connectivity index (χ3v) is 4.60. The van der Waals surface area contributed by atoms with Crippen molar-refractivity contribution < 1.29 is 14.2 Å². The Bertz CT molecular complexity index is 531. The van der Waals surface area contributed by atoms with E-state index in [4.69, 9.17) is 14.2 Å². The van der Waals surface area contributed by atoms with E-state index < -0.39 is 0 Å². The zero-order valence-electron chi connectivity index (χ0n) is 13.4. The van der Waals surface area contributed by atoms with Crippen molar-refractivity contribution in [3.8, 4) is 11.5 Å². The number of methoxy groups -OCH3 is 1. The van der Waals surface area contributed by atoms with Crippen LogP contribution in [0.4, 0.5) is 0 Å². The monoisotopic (exact) mass is 291 g/mol. The minimum atomic E-state index is -0.124. The van der Waals surface area contributed by atoms with E-state index in [0.717, 1.165) is 43.0 Å². The molecule has 2 aliphatic heterocycles. The Kier molecular flexibility index (Phi) is 3.84. The number of fused-ring (bicyclic) bond motifs is 1. The van der Waals surface area contributed by atoms with Crippen LogP contribution in [0, 0.1) is 0 Å². The van der Waals surface area contributed by atoms with Gasteiger partial charge in [0.1, 0.15) is 17.6 Å². The van der Waals surface area contributed by atoms with Gasteiger partial charge < -0.3 is 19.5 Å². The average Bonchev–Trinajstić information content (AvgIpc) is 2.85. The molecule has 0 radical (unpaired) electrons. The molecule has 116 valence electrons. The summed E-state index contributed by atoms with van der Waals surface area (Å²) in [5, 5.41) is 3.48. The van der Waals surface area contributed by atoms with E-state index in [2.05, 4.69) is 38.2 Å². The first kappa shape index (κ1) is 14.7. The van der Waals surface area contributed by atoms with Gasteiger partial charge in [-0.15, -0.1) is 0 Å². The molecule has 3 atom stereocenters. The van der Waals surface area contributed by atoms with Crippen molar-refractivity contribution >= 4 is 0 Å². The molecule has 0 aliphatic carbocycles. The van der Waals surface area contributed by atoms with Gasteiger partial charge >= 0.3 is 0 Å². The van der Waals surface area contributed by atoms with Gasteiger partial charge in [0, 0.05) is 30.6 Å². The van der Waals surface area contributed by atoms with Gasteiger partial charge in [0.15, 0.2) is 0 Å². The summed E-state index contributed by atoms with van der Waals surface area (Å²) in [5.74, 6) is 1.88. The van der Waals surface area contributed by atoms with Crippen LogP contribution in [0.25, 0.3) is 0 Å². The molecule has 1 fully saturated rings. The maximum absolute atomic E-state index is 6.34. The third-order valence-electron chi connectivity index (χ3n) is 4.60. The number of benzene rings is 1. The number of ether oxygens (including phenoxy) is 3. The highest BCUT2D eigenvalue weighted by molar-refractivity contribution is 5.49. The van der Waals surface area contributed by atoms with Gasteiger partial charge in [0.2, 0.25) is 0 Å². The fraction of sp³-hybridized carbons (Fsp3) is 0.647. The molecule has 0 aromatic heterocycles. The maximum atomic E-state index is 6.34. The van der Waals surface area contributed by atoms with Gasteiger partial charge in [0.25, 0.3) is 0 Å². The molecule has 0 spiro atoms. The number of hydrogen-bond acceptors (Lipinski definition) is 4. The Morgan fingerprint density at radius 3 is 2.95 bits per heavy atom. The normalized spacial score (nSPS) is 31.6. The zero-order valence-corrected chi connectivity index (χ0v) is 13.4. The number of morpholine rings is 1. The molecular weight excluding hydrogens is 266 g/mol. The van der Waals surface area contributed by atoms with E-state index in [1.54, 1.807) is 7.11 Å². The molecule has 4 nitrogen and oxygen atoms in total. The van der Waals surface area contributed by atoms with E-state index in [-0.39, 0.29) is 17.8 Å². The van der Waals surface area contributed by atoms with Crippen LogP contribution in [-0.4, -0.2) is 31.9 Å². The molecule has 0 bridgehead atoms. The Morgan fingerprint density at radius 1 is 1.43 bits per heavy atom. The predicted octanol–water partition coefficient (Wildman–Crippen LogP) is 2.85. The minimum absolute atomic E-state index is 0.00320. The molecule has 1 N–H and O–H groups in total. The molecule has 1 aromatic rings. The van der Waals surface area contributed by atoms with Crippen molar-refractivity contribution in [1.82, 2.24) is 5.32 Å². The zero-order chi connectivity index (χ0) is 15.0. The lowest BCUT2D eigenvalue weighted by Crippen LogP contribution is -2.48. The highest BCUT2D eigenvalue weighted by Crippen LogP contribution is 2.40. The second-order valence-electron chi connectivity index (χ2n) is 6.38. The molecule has 2 aliphatic rings. The molecule has 3 unspecified atom stereocenters. The summed E-state index contributed by atoms with van der Waals surface area (Å²) in [5.41, 5.74) is 2.18. The summed E-state index contributed by atoms with van der Waals surface area (Å²) in [4.78, 5) is 0. The first-order chi connectivity index (χ1) is 10.0. The molecule has 4 heteroatoms. The summed E-state index contributed by atoms with van der Waals surface area (Å²) in [7, 11) is 1.72. The van der Waals surface area contributed by atoms with Crippen molar-refractivity contribution in [1.29, 1.82) is 0 Å². The van der Waals surface area contributed by atoms with E-state index in [1.165, 1.54) is 5.56 Å². The second-order valence-corrected chi connectivity index (χ2v) is 6.38. The van der Waals surface area contributed by atoms with E-state index in [0.29, 0.717) is 0 Å². The SMILES string of the molecule is CCC1(C)CNCC(c2cc3c(cc2OC)CC(C)O3)O1. The van der Waals surface area contributed by atoms with E-state index >= 15 is 0 Å². The minimum Gasteiger partial charge on any atom is -0.496 e. The van der Waals surface area contributed by atoms with Crippen molar-refractivity contribution in [2.75, 3.05) is 20.2 Å². The lowest BCUT2D eigenvalue weighted by molar-refractivity contribution is -0.109. The summed E-state index contributed by atoms with van der Waals surface area (Å²) in [6, 6.07) is 4.21. The third kappa shape index (κ3) is 2.74. The highest BCUT2D eigenvalue weighted by atomic mass is 16.5. The van der Waals surface area contributed by atoms with Gasteiger partial charge in [-0.2, -0.15) is 0 Å². The van der Waals surface area contributed by atoms with Gasteiger partial charge in [-0.1, -0.05) is 6.92 Å². The van der Waals surface area contributed by atoms with Crippen LogP contribution in [0.15, 0.2) is 12.1 Å². The maximum Gasteiger partial charge on any atom is 0.125 e. The fourth-order valence-electron chi connectivity index (χ4n) is 3.16. The van der Waals surface area contributed by atoms with Crippen molar-refractivity contribution in [3.63, 3.8) is 0 Å². The summed E-state index contributed by atoms with van der Waals surface area (Å²) in [6.45, 7) is 8.11. The smallest absolute Gasteiger partial charge is 0.125 e. The molecular formula is C17H25NO3. The van der Waals surface area contributed by atoms with E-state index in [1.807, 2.05) is 0 Å². The second kappa shape index (κ2) is 5.50. The van der Waals surface area contributed by atoms with Crippen LogP contribution >= 0.6 is 0 Å². The van der Waals surface area contributed by atoms with E-state index in [9.17, 15) is 0 Å². The number of nitrogens with one attached hydrogen (secondary N) is 1. The lowest BCUT2D eigenvalue weighted by Gasteiger charge is -2.39. The van der Waals surface area contributed by atoms with Crippen LogP contribution < -0.4 is 14.8 Å². The summed E-state index contributed by atoms with van der Waals surface area (Å²) < 4.78 is 17.8.